The van der Waals surface area contributed by atoms with Gasteiger partial charge in [0.2, 0.25) is 0 Å². The Morgan fingerprint density at radius 3 is 2.27 bits per heavy atom. The summed E-state index contributed by atoms with van der Waals surface area (Å²) in [6.45, 7) is 1.81. The molecule has 0 saturated carbocycles. The minimum Gasteiger partial charge on any atom is -0.298 e. The van der Waals surface area contributed by atoms with E-state index in [0.717, 1.165) is 28.7 Å². The first-order valence-corrected chi connectivity index (χ1v) is 6.97. The van der Waals surface area contributed by atoms with E-state index in [1.807, 2.05) is 43.3 Å². The molecule has 0 spiro atoms. The molecule has 0 unspecified atom stereocenters. The molecule has 2 nitrogen and oxygen atoms in total. The zero-order valence-corrected chi connectivity index (χ0v) is 12.1. The second kappa shape index (κ2) is 5.90. The van der Waals surface area contributed by atoms with Crippen LogP contribution in [0.25, 0.3) is 22.4 Å². The molecule has 3 heteroatoms. The lowest BCUT2D eigenvalue weighted by Crippen LogP contribution is -1.98. The largest absolute Gasteiger partial charge is 0.298 e. The SMILES string of the molecule is Cc1nc(-c2ccccc2)cc(-c2ccc(F)cc2)c1C=O. The van der Waals surface area contributed by atoms with Crippen molar-refractivity contribution in [3.8, 4) is 22.4 Å². The Morgan fingerprint density at radius 1 is 0.955 bits per heavy atom. The highest BCUT2D eigenvalue weighted by Crippen LogP contribution is 2.29. The van der Waals surface area contributed by atoms with E-state index in [0.29, 0.717) is 11.3 Å². The first-order chi connectivity index (χ1) is 10.7. The first kappa shape index (κ1) is 14.1. The average Bonchev–Trinajstić information content (AvgIpc) is 2.55. The normalized spacial score (nSPS) is 10.5. The molecule has 0 N–H and O–H groups in total. The molecule has 0 bridgehead atoms. The van der Waals surface area contributed by atoms with Gasteiger partial charge in [-0.05, 0) is 36.2 Å². The van der Waals surface area contributed by atoms with Gasteiger partial charge in [-0.2, -0.15) is 0 Å². The quantitative estimate of drug-likeness (QED) is 0.656. The van der Waals surface area contributed by atoms with Crippen LogP contribution in [0.3, 0.4) is 0 Å². The molecule has 3 rings (SSSR count). The maximum absolute atomic E-state index is 13.1. The van der Waals surface area contributed by atoms with Gasteiger partial charge in [0.15, 0.2) is 6.29 Å². The van der Waals surface area contributed by atoms with Crippen LogP contribution in [0.1, 0.15) is 16.1 Å². The summed E-state index contributed by atoms with van der Waals surface area (Å²) in [6, 6.07) is 17.8. The van der Waals surface area contributed by atoms with E-state index < -0.39 is 0 Å². The summed E-state index contributed by atoms with van der Waals surface area (Å²) in [4.78, 5) is 15.9. The van der Waals surface area contributed by atoms with Crippen molar-refractivity contribution < 1.29 is 9.18 Å². The Morgan fingerprint density at radius 2 is 1.64 bits per heavy atom. The van der Waals surface area contributed by atoms with Crippen molar-refractivity contribution >= 4 is 6.29 Å². The Labute approximate surface area is 128 Å². The van der Waals surface area contributed by atoms with Gasteiger partial charge in [-0.15, -0.1) is 0 Å². The van der Waals surface area contributed by atoms with Gasteiger partial charge in [-0.1, -0.05) is 42.5 Å². The van der Waals surface area contributed by atoms with E-state index in [9.17, 15) is 9.18 Å². The number of carbonyl (C=O) groups excluding carboxylic acids is 1. The highest BCUT2D eigenvalue weighted by atomic mass is 19.1. The van der Waals surface area contributed by atoms with Crippen LogP contribution in [0.4, 0.5) is 4.39 Å². The van der Waals surface area contributed by atoms with E-state index in [1.54, 1.807) is 12.1 Å². The van der Waals surface area contributed by atoms with Crippen LogP contribution in [0.5, 0.6) is 0 Å². The fourth-order valence-corrected chi connectivity index (χ4v) is 2.46. The molecule has 0 radical (unpaired) electrons. The number of aromatic nitrogens is 1. The molecular weight excluding hydrogens is 277 g/mol. The van der Waals surface area contributed by atoms with Crippen molar-refractivity contribution in [3.05, 3.63) is 77.7 Å². The van der Waals surface area contributed by atoms with E-state index in [-0.39, 0.29) is 5.82 Å². The standard InChI is InChI=1S/C19H14FNO/c1-13-18(12-22)17(14-7-9-16(20)10-8-14)11-19(21-13)15-5-3-2-4-6-15/h2-12H,1H3. The third-order valence-corrected chi connectivity index (χ3v) is 3.59. The minimum absolute atomic E-state index is 0.300. The number of aryl methyl sites for hydroxylation is 1. The molecule has 0 amide bonds. The lowest BCUT2D eigenvalue weighted by atomic mass is 9.97. The lowest BCUT2D eigenvalue weighted by molar-refractivity contribution is 0.112. The number of rotatable bonds is 3. The summed E-state index contributed by atoms with van der Waals surface area (Å²) in [5.74, 6) is -0.300. The zero-order chi connectivity index (χ0) is 15.5. The molecule has 0 aliphatic carbocycles. The van der Waals surface area contributed by atoms with Crippen LogP contribution in [0, 0.1) is 12.7 Å². The van der Waals surface area contributed by atoms with Crippen molar-refractivity contribution in [2.75, 3.05) is 0 Å². The van der Waals surface area contributed by atoms with Gasteiger partial charge in [0, 0.05) is 16.8 Å². The molecule has 0 aliphatic rings. The van der Waals surface area contributed by atoms with Crippen LogP contribution >= 0.6 is 0 Å². The number of benzene rings is 2. The number of halogens is 1. The molecule has 0 aliphatic heterocycles. The van der Waals surface area contributed by atoms with Crippen LogP contribution < -0.4 is 0 Å². The molecule has 1 aromatic heterocycles. The third-order valence-electron chi connectivity index (χ3n) is 3.59. The summed E-state index contributed by atoms with van der Waals surface area (Å²) < 4.78 is 13.1. The molecule has 1 heterocycles. The molecule has 108 valence electrons. The predicted octanol–water partition coefficient (Wildman–Crippen LogP) is 4.68. The van der Waals surface area contributed by atoms with Crippen molar-refractivity contribution in [1.82, 2.24) is 4.98 Å². The van der Waals surface area contributed by atoms with Crippen molar-refractivity contribution in [2.24, 2.45) is 0 Å². The summed E-state index contributed by atoms with van der Waals surface area (Å²) in [7, 11) is 0. The van der Waals surface area contributed by atoms with Crippen molar-refractivity contribution in [2.45, 2.75) is 6.92 Å². The Balaban J connectivity index is 2.21. The second-order valence-electron chi connectivity index (χ2n) is 5.04. The van der Waals surface area contributed by atoms with E-state index >= 15 is 0 Å². The fraction of sp³-hybridized carbons (Fsp3) is 0.0526. The second-order valence-corrected chi connectivity index (χ2v) is 5.04. The summed E-state index contributed by atoms with van der Waals surface area (Å²) in [5.41, 5.74) is 4.53. The maximum atomic E-state index is 13.1. The molecule has 22 heavy (non-hydrogen) atoms. The first-order valence-electron chi connectivity index (χ1n) is 6.97. The van der Waals surface area contributed by atoms with E-state index in [4.69, 9.17) is 0 Å². The van der Waals surface area contributed by atoms with Gasteiger partial charge in [-0.25, -0.2) is 4.39 Å². The molecule has 2 aromatic carbocycles. The van der Waals surface area contributed by atoms with Gasteiger partial charge in [0.05, 0.1) is 5.69 Å². The molecule has 0 atom stereocenters. The molecule has 0 saturated heterocycles. The van der Waals surface area contributed by atoms with Crippen LogP contribution in [-0.4, -0.2) is 11.3 Å². The van der Waals surface area contributed by atoms with E-state index in [2.05, 4.69) is 4.98 Å². The van der Waals surface area contributed by atoms with Gasteiger partial charge in [0.1, 0.15) is 5.82 Å². The van der Waals surface area contributed by atoms with Crippen LogP contribution in [-0.2, 0) is 0 Å². The topological polar surface area (TPSA) is 30.0 Å². The molecule has 3 aromatic rings. The Kier molecular flexibility index (Phi) is 3.79. The van der Waals surface area contributed by atoms with Gasteiger partial charge >= 0.3 is 0 Å². The average molecular weight is 291 g/mol. The number of pyridine rings is 1. The van der Waals surface area contributed by atoms with Gasteiger partial charge in [-0.3, -0.25) is 9.78 Å². The number of hydrogen-bond acceptors (Lipinski definition) is 2. The lowest BCUT2D eigenvalue weighted by Gasteiger charge is -2.11. The van der Waals surface area contributed by atoms with Gasteiger partial charge in [0.25, 0.3) is 0 Å². The number of aldehydes is 1. The monoisotopic (exact) mass is 291 g/mol. The van der Waals surface area contributed by atoms with Crippen molar-refractivity contribution in [3.63, 3.8) is 0 Å². The zero-order valence-electron chi connectivity index (χ0n) is 12.1. The van der Waals surface area contributed by atoms with Crippen LogP contribution in [0.15, 0.2) is 60.7 Å². The Bertz CT molecular complexity index is 811. The maximum Gasteiger partial charge on any atom is 0.152 e. The minimum atomic E-state index is -0.300. The highest BCUT2D eigenvalue weighted by Gasteiger charge is 2.12. The van der Waals surface area contributed by atoms with Crippen LogP contribution in [0.2, 0.25) is 0 Å². The number of nitrogens with zero attached hydrogens (tertiary/aromatic N) is 1. The number of carbonyl (C=O) groups is 1. The third kappa shape index (κ3) is 2.66. The predicted molar refractivity (Wildman–Crippen MR) is 85.2 cm³/mol. The summed E-state index contributed by atoms with van der Waals surface area (Å²) >= 11 is 0. The van der Waals surface area contributed by atoms with Crippen molar-refractivity contribution in [1.29, 1.82) is 0 Å². The highest BCUT2D eigenvalue weighted by molar-refractivity contribution is 5.90. The fourth-order valence-electron chi connectivity index (χ4n) is 2.46. The summed E-state index contributed by atoms with van der Waals surface area (Å²) in [5, 5.41) is 0. The molecule has 0 fully saturated rings. The van der Waals surface area contributed by atoms with E-state index in [1.165, 1.54) is 12.1 Å². The summed E-state index contributed by atoms with van der Waals surface area (Å²) in [6.07, 6.45) is 0.801. The number of hydrogen-bond donors (Lipinski definition) is 0. The smallest absolute Gasteiger partial charge is 0.152 e. The molecular formula is C19H14FNO. The Hall–Kier alpha value is -2.81. The van der Waals surface area contributed by atoms with Gasteiger partial charge < -0.3 is 0 Å².